The second-order valence-corrected chi connectivity index (χ2v) is 6.55. The molecule has 1 N–H and O–H groups in total. The number of benzene rings is 2. The molecule has 26 heavy (non-hydrogen) atoms. The van der Waals surface area contributed by atoms with Crippen molar-refractivity contribution in [1.82, 2.24) is 15.1 Å². The number of anilines is 1. The van der Waals surface area contributed by atoms with Gasteiger partial charge < -0.3 is 9.26 Å². The second kappa shape index (κ2) is 6.57. The van der Waals surface area contributed by atoms with Crippen molar-refractivity contribution in [2.24, 2.45) is 0 Å². The van der Waals surface area contributed by atoms with Gasteiger partial charge in [-0.2, -0.15) is 4.98 Å². The van der Waals surface area contributed by atoms with E-state index in [4.69, 9.17) is 9.26 Å². The number of nitrogens with zero attached hydrogens (tertiary/aromatic N) is 3. The Morgan fingerprint density at radius 2 is 1.96 bits per heavy atom. The van der Waals surface area contributed by atoms with Crippen molar-refractivity contribution < 1.29 is 14.1 Å². The molecule has 4 aromatic rings. The van der Waals surface area contributed by atoms with E-state index in [1.165, 1.54) is 11.3 Å². The zero-order valence-electron chi connectivity index (χ0n) is 14.0. The van der Waals surface area contributed by atoms with Gasteiger partial charge in [-0.05, 0) is 30.3 Å². The fourth-order valence-electron chi connectivity index (χ4n) is 2.44. The second-order valence-electron chi connectivity index (χ2n) is 5.52. The summed E-state index contributed by atoms with van der Waals surface area (Å²) in [7, 11) is 1.62. The zero-order chi connectivity index (χ0) is 18.1. The molecule has 0 unspecified atom stereocenters. The van der Waals surface area contributed by atoms with Gasteiger partial charge in [0, 0.05) is 18.1 Å². The first-order valence-electron chi connectivity index (χ1n) is 7.79. The maximum Gasteiger partial charge on any atom is 0.257 e. The highest BCUT2D eigenvalue weighted by Gasteiger charge is 2.12. The van der Waals surface area contributed by atoms with Crippen LogP contribution in [0, 0.1) is 6.92 Å². The van der Waals surface area contributed by atoms with Gasteiger partial charge in [0.05, 0.1) is 17.3 Å². The van der Waals surface area contributed by atoms with Gasteiger partial charge in [0.15, 0.2) is 5.13 Å². The number of carbonyl (C=O) groups is 1. The largest absolute Gasteiger partial charge is 0.497 e. The molecule has 0 aliphatic carbocycles. The normalized spacial score (nSPS) is 10.8. The Bertz CT molecular complexity index is 1090. The predicted octanol–water partition coefficient (Wildman–Crippen LogP) is 3.92. The minimum Gasteiger partial charge on any atom is -0.497 e. The Kier molecular flexibility index (Phi) is 4.10. The summed E-state index contributed by atoms with van der Waals surface area (Å²) in [6.45, 7) is 1.73. The van der Waals surface area contributed by atoms with E-state index in [1.807, 2.05) is 18.2 Å². The molecule has 0 aliphatic rings. The molecule has 0 spiro atoms. The van der Waals surface area contributed by atoms with Gasteiger partial charge in [-0.3, -0.25) is 10.1 Å². The van der Waals surface area contributed by atoms with Crippen molar-refractivity contribution >= 4 is 32.6 Å². The number of amides is 1. The highest BCUT2D eigenvalue weighted by molar-refractivity contribution is 7.22. The summed E-state index contributed by atoms with van der Waals surface area (Å²) in [6, 6.07) is 12.6. The molecule has 8 heteroatoms. The first kappa shape index (κ1) is 16.2. The molecule has 2 aromatic heterocycles. The number of aromatic nitrogens is 3. The van der Waals surface area contributed by atoms with Gasteiger partial charge in [0.25, 0.3) is 5.91 Å². The molecule has 0 saturated carbocycles. The number of carbonyl (C=O) groups excluding carboxylic acids is 1. The topological polar surface area (TPSA) is 90.1 Å². The van der Waals surface area contributed by atoms with Crippen LogP contribution in [0.1, 0.15) is 16.2 Å². The molecule has 0 bridgehead atoms. The minimum absolute atomic E-state index is 0.230. The van der Waals surface area contributed by atoms with Gasteiger partial charge in [-0.25, -0.2) is 4.98 Å². The van der Waals surface area contributed by atoms with E-state index in [9.17, 15) is 4.79 Å². The number of thiazole rings is 1. The van der Waals surface area contributed by atoms with Crippen LogP contribution in [0.25, 0.3) is 21.6 Å². The van der Waals surface area contributed by atoms with Gasteiger partial charge in [0.2, 0.25) is 11.7 Å². The maximum atomic E-state index is 12.4. The van der Waals surface area contributed by atoms with E-state index < -0.39 is 0 Å². The van der Waals surface area contributed by atoms with Crippen LogP contribution in [0.5, 0.6) is 5.75 Å². The molecule has 130 valence electrons. The van der Waals surface area contributed by atoms with E-state index in [1.54, 1.807) is 38.3 Å². The monoisotopic (exact) mass is 366 g/mol. The quantitative estimate of drug-likeness (QED) is 0.589. The maximum absolute atomic E-state index is 12.4. The molecule has 0 radical (unpaired) electrons. The molecule has 1 amide bonds. The molecule has 7 nitrogen and oxygen atoms in total. The van der Waals surface area contributed by atoms with Crippen molar-refractivity contribution in [2.45, 2.75) is 6.92 Å². The van der Waals surface area contributed by atoms with Crippen molar-refractivity contribution in [3.8, 4) is 17.1 Å². The van der Waals surface area contributed by atoms with Gasteiger partial charge >= 0.3 is 0 Å². The number of ether oxygens (including phenoxy) is 1. The van der Waals surface area contributed by atoms with Crippen molar-refractivity contribution in [3.05, 3.63) is 53.9 Å². The summed E-state index contributed by atoms with van der Waals surface area (Å²) in [6.07, 6.45) is 0. The Balaban J connectivity index is 1.52. The van der Waals surface area contributed by atoms with Gasteiger partial charge in [0.1, 0.15) is 5.75 Å². The molecule has 2 heterocycles. The SMILES string of the molecule is COc1ccc2nc(NC(=O)c3ccc(-c4noc(C)n4)cc3)sc2c1. The Morgan fingerprint density at radius 3 is 2.65 bits per heavy atom. The minimum atomic E-state index is -0.230. The molecule has 2 aromatic carbocycles. The van der Waals surface area contributed by atoms with Crippen molar-refractivity contribution in [2.75, 3.05) is 12.4 Å². The van der Waals surface area contributed by atoms with Crippen LogP contribution in [0.3, 0.4) is 0 Å². The molecule has 4 rings (SSSR count). The lowest BCUT2D eigenvalue weighted by Gasteiger charge is -2.02. The third-order valence-corrected chi connectivity index (χ3v) is 4.68. The third kappa shape index (κ3) is 3.14. The summed E-state index contributed by atoms with van der Waals surface area (Å²) >= 11 is 1.40. The van der Waals surface area contributed by atoms with E-state index >= 15 is 0 Å². The Hall–Kier alpha value is -3.26. The molecule has 0 atom stereocenters. The molecular formula is C18H14N4O3S. The smallest absolute Gasteiger partial charge is 0.257 e. The lowest BCUT2D eigenvalue weighted by Crippen LogP contribution is -2.11. The molecule has 0 saturated heterocycles. The highest BCUT2D eigenvalue weighted by Crippen LogP contribution is 2.29. The van der Waals surface area contributed by atoms with Crippen LogP contribution >= 0.6 is 11.3 Å². The Morgan fingerprint density at radius 1 is 1.15 bits per heavy atom. The molecular weight excluding hydrogens is 352 g/mol. The number of nitrogens with one attached hydrogen (secondary N) is 1. The van der Waals surface area contributed by atoms with Crippen LogP contribution in [0.15, 0.2) is 47.0 Å². The lowest BCUT2D eigenvalue weighted by atomic mass is 10.1. The first-order valence-corrected chi connectivity index (χ1v) is 8.61. The summed E-state index contributed by atoms with van der Waals surface area (Å²) in [5.41, 5.74) is 2.12. The highest BCUT2D eigenvalue weighted by atomic mass is 32.1. The van der Waals surface area contributed by atoms with Crippen LogP contribution < -0.4 is 10.1 Å². The predicted molar refractivity (Wildman–Crippen MR) is 98.6 cm³/mol. The fourth-order valence-corrected chi connectivity index (χ4v) is 3.33. The molecule has 0 fully saturated rings. The van der Waals surface area contributed by atoms with Gasteiger partial charge in [-0.15, -0.1) is 0 Å². The summed E-state index contributed by atoms with van der Waals surface area (Å²) in [5.74, 6) is 1.52. The average Bonchev–Trinajstić information content (AvgIpc) is 3.26. The number of fused-ring (bicyclic) bond motifs is 1. The number of hydrogen-bond acceptors (Lipinski definition) is 7. The van der Waals surface area contributed by atoms with Crippen LogP contribution in [0.4, 0.5) is 5.13 Å². The number of rotatable bonds is 4. The molecule has 0 aliphatic heterocycles. The van der Waals surface area contributed by atoms with E-state index in [0.29, 0.717) is 22.4 Å². The van der Waals surface area contributed by atoms with Crippen LogP contribution in [-0.2, 0) is 0 Å². The summed E-state index contributed by atoms with van der Waals surface area (Å²) in [5, 5.41) is 7.23. The van der Waals surface area contributed by atoms with E-state index in [-0.39, 0.29) is 5.91 Å². The number of aryl methyl sites for hydroxylation is 1. The summed E-state index contributed by atoms with van der Waals surface area (Å²) in [4.78, 5) is 21.0. The van der Waals surface area contributed by atoms with Crippen LogP contribution in [-0.4, -0.2) is 28.1 Å². The van der Waals surface area contributed by atoms with Crippen molar-refractivity contribution in [3.63, 3.8) is 0 Å². The van der Waals surface area contributed by atoms with E-state index in [2.05, 4.69) is 20.4 Å². The summed E-state index contributed by atoms with van der Waals surface area (Å²) < 4.78 is 11.1. The van der Waals surface area contributed by atoms with Gasteiger partial charge in [-0.1, -0.05) is 28.6 Å². The van der Waals surface area contributed by atoms with E-state index in [0.717, 1.165) is 21.5 Å². The van der Waals surface area contributed by atoms with Crippen molar-refractivity contribution in [1.29, 1.82) is 0 Å². The number of hydrogen-bond donors (Lipinski definition) is 1. The average molecular weight is 366 g/mol. The number of methoxy groups -OCH3 is 1. The first-order chi connectivity index (χ1) is 12.6. The van der Waals surface area contributed by atoms with Crippen LogP contribution in [0.2, 0.25) is 0 Å². The standard InChI is InChI=1S/C18H14N4O3S/c1-10-19-16(22-25-10)11-3-5-12(6-4-11)17(23)21-18-20-14-8-7-13(24-2)9-15(14)26-18/h3-9H,1-2H3,(H,20,21,23). The fraction of sp³-hybridized carbons (Fsp3) is 0.111. The third-order valence-electron chi connectivity index (χ3n) is 3.75. The zero-order valence-corrected chi connectivity index (χ0v) is 14.8. The lowest BCUT2D eigenvalue weighted by molar-refractivity contribution is 0.102. The Labute approximate surface area is 152 Å².